The highest BCUT2D eigenvalue weighted by Crippen LogP contribution is 2.26. The minimum Gasteiger partial charge on any atom is -0.358 e. The van der Waals surface area contributed by atoms with Crippen molar-refractivity contribution in [3.8, 4) is 5.69 Å². The maximum absolute atomic E-state index is 14.6. The van der Waals surface area contributed by atoms with Crippen LogP contribution in [0, 0.1) is 5.82 Å². The van der Waals surface area contributed by atoms with E-state index >= 15 is 0 Å². The summed E-state index contributed by atoms with van der Waals surface area (Å²) in [4.78, 5) is 29.6. The zero-order valence-corrected chi connectivity index (χ0v) is 16.6. The first kappa shape index (κ1) is 17.8. The Hall–Kier alpha value is -4.07. The van der Waals surface area contributed by atoms with Crippen LogP contribution in [0.5, 0.6) is 0 Å². The number of pyridine rings is 1. The molecular weight excluding hydrogens is 395 g/mol. The summed E-state index contributed by atoms with van der Waals surface area (Å²) in [5.41, 5.74) is 1.60. The molecule has 2 aromatic carbocycles. The van der Waals surface area contributed by atoms with Crippen molar-refractivity contribution < 1.29 is 5.76 Å². The van der Waals surface area contributed by atoms with Crippen molar-refractivity contribution in [1.29, 1.82) is 0 Å². The van der Waals surface area contributed by atoms with Gasteiger partial charge in [0, 0.05) is 6.20 Å². The van der Waals surface area contributed by atoms with E-state index in [1.165, 1.54) is 16.7 Å². The smallest absolute Gasteiger partial charge is 0.269 e. The van der Waals surface area contributed by atoms with Gasteiger partial charge in [0.2, 0.25) is 0 Å². The lowest BCUT2D eigenvalue weighted by Gasteiger charge is -2.22. The van der Waals surface area contributed by atoms with Gasteiger partial charge in [-0.05, 0) is 36.8 Å². The maximum atomic E-state index is 14.6. The number of benzene rings is 2. The molecule has 0 saturated carbocycles. The number of aromatic amines is 1. The lowest BCUT2D eigenvalue weighted by molar-refractivity contribution is 0.630. The molecule has 7 nitrogen and oxygen atoms in total. The number of nitrogens with one attached hydrogen (secondary N) is 2. The maximum Gasteiger partial charge on any atom is 0.269 e. The summed E-state index contributed by atoms with van der Waals surface area (Å²) in [6.07, 6.45) is 2.21. The van der Waals surface area contributed by atoms with Gasteiger partial charge in [-0.1, -0.05) is 31.2 Å². The number of H-pyrrole nitrogens is 1. The Morgan fingerprint density at radius 2 is 2.00 bits per heavy atom. The first-order valence-electron chi connectivity index (χ1n) is 10.4. The summed E-state index contributed by atoms with van der Waals surface area (Å²) < 4.78 is 23.8. The quantitative estimate of drug-likeness (QED) is 0.445. The second-order valence-corrected chi connectivity index (χ2v) is 7.09. The monoisotopic (exact) mass is 415 g/mol. The molecule has 0 spiro atoms. The summed E-state index contributed by atoms with van der Waals surface area (Å²) in [6.45, 7) is 1.95. The molecule has 5 rings (SSSR count). The van der Waals surface area contributed by atoms with Gasteiger partial charge in [-0.2, -0.15) is 0 Å². The van der Waals surface area contributed by atoms with Crippen molar-refractivity contribution in [3.05, 3.63) is 89.1 Å². The van der Waals surface area contributed by atoms with Crippen LogP contribution in [0.15, 0.2) is 71.9 Å². The molecule has 8 heteroatoms. The largest absolute Gasteiger partial charge is 0.358 e. The van der Waals surface area contributed by atoms with E-state index in [-0.39, 0.29) is 17.2 Å². The molecule has 2 N–H and O–H groups in total. The number of aromatic nitrogens is 5. The highest BCUT2D eigenvalue weighted by atomic mass is 19.1. The van der Waals surface area contributed by atoms with Crippen LogP contribution in [0.1, 0.15) is 26.6 Å². The Kier molecular flexibility index (Phi) is 4.38. The summed E-state index contributed by atoms with van der Waals surface area (Å²) in [5, 5.41) is 3.27. The highest BCUT2D eigenvalue weighted by Gasteiger charge is 2.22. The van der Waals surface area contributed by atoms with Gasteiger partial charge in [0.25, 0.3) is 5.56 Å². The van der Waals surface area contributed by atoms with Crippen LogP contribution in [0.3, 0.4) is 0 Å². The van der Waals surface area contributed by atoms with E-state index in [0.717, 1.165) is 0 Å². The molecule has 0 aliphatic carbocycles. The molecule has 0 unspecified atom stereocenters. The number of fused-ring (bicyclic) bond motifs is 2. The minimum atomic E-state index is -0.608. The lowest BCUT2D eigenvalue weighted by atomic mass is 10.1. The Morgan fingerprint density at radius 1 is 1.16 bits per heavy atom. The van der Waals surface area contributed by atoms with Crippen LogP contribution < -0.4 is 10.9 Å². The van der Waals surface area contributed by atoms with Gasteiger partial charge in [-0.15, -0.1) is 0 Å². The van der Waals surface area contributed by atoms with Crippen molar-refractivity contribution in [3.63, 3.8) is 0 Å². The molecular formula is C23H19FN6O. The lowest BCUT2D eigenvalue weighted by Crippen LogP contribution is -2.28. The third-order valence-corrected chi connectivity index (χ3v) is 5.20. The van der Waals surface area contributed by atoms with Crippen LogP contribution in [0.2, 0.25) is 0 Å². The van der Waals surface area contributed by atoms with Crippen molar-refractivity contribution in [1.82, 2.24) is 24.5 Å². The van der Waals surface area contributed by atoms with Gasteiger partial charge in [0.1, 0.15) is 23.9 Å². The van der Waals surface area contributed by atoms with Gasteiger partial charge in [0.05, 0.1) is 29.1 Å². The summed E-state index contributed by atoms with van der Waals surface area (Å²) in [7, 11) is 0. The van der Waals surface area contributed by atoms with Gasteiger partial charge < -0.3 is 10.3 Å². The van der Waals surface area contributed by atoms with Crippen LogP contribution in [0.25, 0.3) is 27.6 Å². The third kappa shape index (κ3) is 3.22. The Labute approximate surface area is 178 Å². The topological polar surface area (TPSA) is 88.5 Å². The van der Waals surface area contributed by atoms with Crippen LogP contribution in [-0.4, -0.2) is 24.5 Å². The van der Waals surface area contributed by atoms with Crippen molar-refractivity contribution in [2.75, 3.05) is 5.32 Å². The van der Waals surface area contributed by atoms with Crippen LogP contribution in [0.4, 0.5) is 10.2 Å². The fraction of sp³-hybridized carbons (Fsp3) is 0.130. The number of hydrogen-bond donors (Lipinski definition) is 2. The molecule has 154 valence electrons. The zero-order chi connectivity index (χ0) is 22.2. The number of halogens is 1. The SMILES string of the molecule is [2H]c1nc2c(N[C@@H](CC)c3nc4cccc(F)c4c(=O)n3-c3ccccc3)nccc2[nH]1. The molecule has 0 amide bonds. The third-order valence-electron chi connectivity index (χ3n) is 5.20. The first-order chi connectivity index (χ1) is 15.6. The van der Waals surface area contributed by atoms with Gasteiger partial charge in [-0.25, -0.2) is 19.3 Å². The predicted molar refractivity (Wildman–Crippen MR) is 118 cm³/mol. The van der Waals surface area contributed by atoms with Gasteiger partial charge in [0.15, 0.2) is 5.82 Å². The molecule has 1 atom stereocenters. The van der Waals surface area contributed by atoms with E-state index < -0.39 is 17.4 Å². The van der Waals surface area contributed by atoms with Gasteiger partial charge >= 0.3 is 0 Å². The molecule has 0 bridgehead atoms. The van der Waals surface area contributed by atoms with Crippen molar-refractivity contribution >= 4 is 27.8 Å². The average Bonchev–Trinajstić information content (AvgIpc) is 3.19. The van der Waals surface area contributed by atoms with Crippen LogP contribution in [-0.2, 0) is 0 Å². The summed E-state index contributed by atoms with van der Waals surface area (Å²) in [5.74, 6) is 0.294. The Bertz CT molecular complexity index is 1500. The second kappa shape index (κ2) is 7.64. The van der Waals surface area contributed by atoms with E-state index in [1.54, 1.807) is 30.5 Å². The van der Waals surface area contributed by atoms with E-state index in [1.807, 2.05) is 25.1 Å². The zero-order valence-electron chi connectivity index (χ0n) is 17.6. The van der Waals surface area contributed by atoms with Crippen molar-refractivity contribution in [2.24, 2.45) is 0 Å². The van der Waals surface area contributed by atoms with Crippen LogP contribution >= 0.6 is 0 Å². The molecule has 0 radical (unpaired) electrons. The molecule has 0 fully saturated rings. The fourth-order valence-corrected chi connectivity index (χ4v) is 3.70. The normalized spacial score (nSPS) is 12.8. The standard InChI is InChI=1S/C23H19FN6O/c1-2-16(28-21-20-18(11-12-25-21)26-13-27-20)22-29-17-10-6-9-15(24)19(17)23(31)30(22)14-7-4-3-5-8-14/h3-13,16H,2H2,1H3,(H,25,28)(H,26,27)/t16-/m0/s1/i13D. The highest BCUT2D eigenvalue weighted by molar-refractivity contribution is 5.85. The molecule has 0 aliphatic heterocycles. The van der Waals surface area contributed by atoms with E-state index in [0.29, 0.717) is 34.8 Å². The molecule has 31 heavy (non-hydrogen) atoms. The van der Waals surface area contributed by atoms with E-state index in [4.69, 9.17) is 6.35 Å². The minimum absolute atomic E-state index is 0.0320. The number of rotatable bonds is 5. The summed E-state index contributed by atoms with van der Waals surface area (Å²) >= 11 is 0. The number of imidazole rings is 1. The molecule has 0 aliphatic rings. The van der Waals surface area contributed by atoms with E-state index in [9.17, 15) is 9.18 Å². The Morgan fingerprint density at radius 3 is 2.81 bits per heavy atom. The Balaban J connectivity index is 1.73. The molecule has 3 heterocycles. The number of nitrogens with zero attached hydrogens (tertiary/aromatic N) is 4. The number of anilines is 1. The number of para-hydroxylation sites is 1. The molecule has 5 aromatic rings. The summed E-state index contributed by atoms with van der Waals surface area (Å²) in [6, 6.07) is 14.8. The number of hydrogen-bond acceptors (Lipinski definition) is 5. The average molecular weight is 415 g/mol. The molecule has 3 aromatic heterocycles. The molecule has 0 saturated heterocycles. The van der Waals surface area contributed by atoms with E-state index in [2.05, 4.69) is 20.3 Å². The van der Waals surface area contributed by atoms with Crippen molar-refractivity contribution in [2.45, 2.75) is 19.4 Å². The first-order valence-corrected chi connectivity index (χ1v) is 9.91. The fourth-order valence-electron chi connectivity index (χ4n) is 3.70. The second-order valence-electron chi connectivity index (χ2n) is 7.09. The predicted octanol–water partition coefficient (Wildman–Crippen LogP) is 4.36. The van der Waals surface area contributed by atoms with Gasteiger partial charge in [-0.3, -0.25) is 9.36 Å².